The van der Waals surface area contributed by atoms with Crippen LogP contribution in [-0.4, -0.2) is 27.6 Å². The Labute approximate surface area is 101 Å². The Morgan fingerprint density at radius 2 is 1.94 bits per heavy atom. The van der Waals surface area contributed by atoms with Crippen molar-refractivity contribution in [1.29, 1.82) is 0 Å². The van der Waals surface area contributed by atoms with Gasteiger partial charge < -0.3 is 10.1 Å². The van der Waals surface area contributed by atoms with E-state index in [9.17, 15) is 0 Å². The molecule has 1 atom stereocenters. The van der Waals surface area contributed by atoms with Crippen molar-refractivity contribution in [3.8, 4) is 6.01 Å². The number of hydrogen-bond donors (Lipinski definition) is 3. The number of hydrogen-bond acceptors (Lipinski definition) is 7. The van der Waals surface area contributed by atoms with Crippen LogP contribution in [0.5, 0.6) is 6.01 Å². The highest BCUT2D eigenvalue weighted by molar-refractivity contribution is 5.35. The zero-order chi connectivity index (χ0) is 12.7. The van der Waals surface area contributed by atoms with Crippen molar-refractivity contribution in [2.45, 2.75) is 39.7 Å². The van der Waals surface area contributed by atoms with Crippen LogP contribution in [0.2, 0.25) is 0 Å². The number of rotatable bonds is 7. The van der Waals surface area contributed by atoms with Crippen molar-refractivity contribution in [2.24, 2.45) is 5.84 Å². The lowest BCUT2D eigenvalue weighted by atomic mass is 10.2. The number of nitrogens with zero attached hydrogens (tertiary/aromatic N) is 3. The molecule has 96 valence electrons. The molecular formula is C10H20N6O. The maximum atomic E-state index is 5.29. The first-order valence-electron chi connectivity index (χ1n) is 5.81. The molecule has 1 aromatic rings. The van der Waals surface area contributed by atoms with Gasteiger partial charge in [0, 0.05) is 6.04 Å². The van der Waals surface area contributed by atoms with E-state index in [4.69, 9.17) is 10.6 Å². The molecule has 0 spiro atoms. The van der Waals surface area contributed by atoms with Crippen molar-refractivity contribution in [3.05, 3.63) is 0 Å². The van der Waals surface area contributed by atoms with Gasteiger partial charge in [0.15, 0.2) is 0 Å². The molecule has 0 aliphatic rings. The van der Waals surface area contributed by atoms with E-state index in [1.165, 1.54) is 0 Å². The topological polar surface area (TPSA) is 98.0 Å². The summed E-state index contributed by atoms with van der Waals surface area (Å²) in [5.74, 6) is 6.04. The standard InChI is InChI=1S/C10H20N6O/c1-4-6-7(3)12-8-13-9(16-11)15-10(14-8)17-5-2/h7H,4-6,11H2,1-3H3,(H2,12,13,14,15,16). The molecule has 1 aromatic heterocycles. The van der Waals surface area contributed by atoms with E-state index in [0.717, 1.165) is 12.8 Å². The van der Waals surface area contributed by atoms with Gasteiger partial charge in [0.2, 0.25) is 11.9 Å². The zero-order valence-corrected chi connectivity index (χ0v) is 10.5. The van der Waals surface area contributed by atoms with Crippen molar-refractivity contribution in [1.82, 2.24) is 15.0 Å². The molecule has 1 rings (SSSR count). The summed E-state index contributed by atoms with van der Waals surface area (Å²) in [7, 11) is 0. The predicted molar refractivity (Wildman–Crippen MR) is 66.8 cm³/mol. The molecule has 0 saturated heterocycles. The van der Waals surface area contributed by atoms with Gasteiger partial charge >= 0.3 is 6.01 Å². The Hall–Kier alpha value is -1.63. The normalized spacial score (nSPS) is 12.0. The van der Waals surface area contributed by atoms with E-state index in [1.807, 2.05) is 6.92 Å². The van der Waals surface area contributed by atoms with Crippen LogP contribution in [0, 0.1) is 0 Å². The summed E-state index contributed by atoms with van der Waals surface area (Å²) >= 11 is 0. The number of nitrogens with two attached hydrogens (primary N) is 1. The maximum absolute atomic E-state index is 5.29. The molecule has 7 nitrogen and oxygen atoms in total. The van der Waals surface area contributed by atoms with Gasteiger partial charge in [-0.3, -0.25) is 5.43 Å². The fraction of sp³-hybridized carbons (Fsp3) is 0.700. The van der Waals surface area contributed by atoms with E-state index in [2.05, 4.69) is 39.5 Å². The van der Waals surface area contributed by atoms with Crippen LogP contribution in [-0.2, 0) is 0 Å². The lowest BCUT2D eigenvalue weighted by Gasteiger charge is -2.13. The van der Waals surface area contributed by atoms with Crippen LogP contribution >= 0.6 is 0 Å². The first-order valence-corrected chi connectivity index (χ1v) is 5.81. The second kappa shape index (κ2) is 6.85. The molecule has 17 heavy (non-hydrogen) atoms. The molecule has 0 aromatic carbocycles. The predicted octanol–water partition coefficient (Wildman–Crippen LogP) is 1.16. The third-order valence-electron chi connectivity index (χ3n) is 2.11. The molecular weight excluding hydrogens is 220 g/mol. The Morgan fingerprint density at radius 3 is 2.53 bits per heavy atom. The van der Waals surface area contributed by atoms with Gasteiger partial charge in [-0.2, -0.15) is 15.0 Å². The van der Waals surface area contributed by atoms with Gasteiger partial charge in [-0.25, -0.2) is 5.84 Å². The molecule has 1 unspecified atom stereocenters. The lowest BCUT2D eigenvalue weighted by molar-refractivity contribution is 0.312. The molecule has 0 aliphatic heterocycles. The Morgan fingerprint density at radius 1 is 1.24 bits per heavy atom. The highest BCUT2D eigenvalue weighted by Crippen LogP contribution is 2.12. The minimum absolute atomic E-state index is 0.265. The Bertz CT molecular complexity index is 346. The van der Waals surface area contributed by atoms with Crippen molar-refractivity contribution < 1.29 is 4.74 Å². The number of ether oxygens (including phenoxy) is 1. The van der Waals surface area contributed by atoms with Gasteiger partial charge in [0.25, 0.3) is 0 Å². The molecule has 0 aliphatic carbocycles. The summed E-state index contributed by atoms with van der Waals surface area (Å²) in [5.41, 5.74) is 2.39. The monoisotopic (exact) mass is 240 g/mol. The van der Waals surface area contributed by atoms with Gasteiger partial charge in [-0.15, -0.1) is 0 Å². The van der Waals surface area contributed by atoms with Crippen LogP contribution in [0.3, 0.4) is 0 Å². The fourth-order valence-corrected chi connectivity index (χ4v) is 1.40. The van der Waals surface area contributed by atoms with Gasteiger partial charge in [0.05, 0.1) is 6.61 Å². The molecule has 4 N–H and O–H groups in total. The molecule has 7 heteroatoms. The number of hydrazine groups is 1. The van der Waals surface area contributed by atoms with Crippen LogP contribution in [0.25, 0.3) is 0 Å². The zero-order valence-electron chi connectivity index (χ0n) is 10.5. The summed E-state index contributed by atoms with van der Waals surface area (Å²) in [6.07, 6.45) is 2.14. The Kier molecular flexibility index (Phi) is 5.41. The SMILES string of the molecule is CCCC(C)Nc1nc(NN)nc(OCC)n1. The number of anilines is 2. The highest BCUT2D eigenvalue weighted by atomic mass is 16.5. The van der Waals surface area contributed by atoms with Crippen LogP contribution in [0.15, 0.2) is 0 Å². The van der Waals surface area contributed by atoms with Crippen molar-refractivity contribution in [3.63, 3.8) is 0 Å². The van der Waals surface area contributed by atoms with Gasteiger partial charge in [-0.1, -0.05) is 13.3 Å². The van der Waals surface area contributed by atoms with Crippen LogP contribution in [0.1, 0.15) is 33.6 Å². The van der Waals surface area contributed by atoms with Gasteiger partial charge in [-0.05, 0) is 20.3 Å². The molecule has 0 radical (unpaired) electrons. The largest absolute Gasteiger partial charge is 0.464 e. The maximum Gasteiger partial charge on any atom is 0.323 e. The molecule has 0 amide bonds. The summed E-state index contributed by atoms with van der Waals surface area (Å²) in [4.78, 5) is 12.2. The van der Waals surface area contributed by atoms with Crippen molar-refractivity contribution >= 4 is 11.9 Å². The van der Waals surface area contributed by atoms with Crippen molar-refractivity contribution in [2.75, 3.05) is 17.3 Å². The second-order valence-electron chi connectivity index (χ2n) is 3.68. The average Bonchev–Trinajstić information content (AvgIpc) is 2.29. The molecule has 1 heterocycles. The number of nitrogen functional groups attached to an aromatic ring is 1. The molecule has 0 fully saturated rings. The average molecular weight is 240 g/mol. The summed E-state index contributed by atoms with van der Waals surface area (Å²) in [6, 6.07) is 0.559. The molecule has 0 saturated carbocycles. The summed E-state index contributed by atoms with van der Waals surface area (Å²) in [6.45, 7) is 6.57. The number of nitrogens with one attached hydrogen (secondary N) is 2. The van der Waals surface area contributed by atoms with E-state index >= 15 is 0 Å². The van der Waals surface area contributed by atoms with Gasteiger partial charge in [0.1, 0.15) is 0 Å². The van der Waals surface area contributed by atoms with E-state index < -0.39 is 0 Å². The first-order chi connectivity index (χ1) is 8.19. The third-order valence-corrected chi connectivity index (χ3v) is 2.11. The summed E-state index contributed by atoms with van der Waals surface area (Å²) in [5, 5.41) is 3.18. The van der Waals surface area contributed by atoms with Crippen LogP contribution < -0.4 is 21.3 Å². The lowest BCUT2D eigenvalue weighted by Crippen LogP contribution is -2.19. The highest BCUT2D eigenvalue weighted by Gasteiger charge is 2.08. The van der Waals surface area contributed by atoms with E-state index in [1.54, 1.807) is 0 Å². The van der Waals surface area contributed by atoms with E-state index in [0.29, 0.717) is 18.6 Å². The third kappa shape index (κ3) is 4.39. The minimum Gasteiger partial charge on any atom is -0.464 e. The quantitative estimate of drug-likeness (QED) is 0.486. The number of aromatic nitrogens is 3. The van der Waals surface area contributed by atoms with E-state index in [-0.39, 0.29) is 12.0 Å². The summed E-state index contributed by atoms with van der Waals surface area (Å²) < 4.78 is 5.23. The smallest absolute Gasteiger partial charge is 0.323 e. The Balaban J connectivity index is 2.79. The first kappa shape index (κ1) is 13.4. The fourth-order valence-electron chi connectivity index (χ4n) is 1.40. The molecule has 0 bridgehead atoms. The minimum atomic E-state index is 0.265. The second-order valence-corrected chi connectivity index (χ2v) is 3.68. The van der Waals surface area contributed by atoms with Crippen LogP contribution in [0.4, 0.5) is 11.9 Å².